The highest BCUT2D eigenvalue weighted by atomic mass is 32.2. The number of thiophene rings is 1. The van der Waals surface area contributed by atoms with Crippen molar-refractivity contribution in [3.63, 3.8) is 0 Å². The van der Waals surface area contributed by atoms with E-state index in [9.17, 15) is 27.6 Å². The third-order valence-corrected chi connectivity index (χ3v) is 6.87. The number of hydrogen-bond acceptors (Lipinski definition) is 8. The van der Waals surface area contributed by atoms with Crippen LogP contribution in [0.2, 0.25) is 0 Å². The minimum atomic E-state index is -4.72. The first-order valence-corrected chi connectivity index (χ1v) is 11.6. The highest BCUT2D eigenvalue weighted by Crippen LogP contribution is 2.35. The highest BCUT2D eigenvalue weighted by Gasteiger charge is 2.34. The fourth-order valence-electron chi connectivity index (χ4n) is 2.99. The van der Waals surface area contributed by atoms with Gasteiger partial charge in [-0.15, -0.1) is 11.3 Å². The van der Waals surface area contributed by atoms with Crippen molar-refractivity contribution in [1.29, 1.82) is 0 Å². The van der Waals surface area contributed by atoms with Crippen LogP contribution in [0.4, 0.5) is 18.2 Å². The Morgan fingerprint density at radius 1 is 1.17 bits per heavy atom. The fourth-order valence-corrected chi connectivity index (χ4v) is 4.91. The van der Waals surface area contributed by atoms with Gasteiger partial charge in [-0.05, 0) is 25.5 Å². The lowest BCUT2D eigenvalue weighted by Crippen LogP contribution is -2.24. The number of alkyl halides is 3. The molecule has 8 nitrogen and oxygen atoms in total. The minimum Gasteiger partial charge on any atom is -0.465 e. The van der Waals surface area contributed by atoms with Gasteiger partial charge in [-0.2, -0.15) is 13.2 Å². The molecule has 0 aliphatic carbocycles. The van der Waals surface area contributed by atoms with Crippen molar-refractivity contribution in [3.8, 4) is 11.3 Å². The number of primary amides is 1. The second kappa shape index (κ2) is 10.4. The van der Waals surface area contributed by atoms with Crippen molar-refractivity contribution in [2.45, 2.75) is 30.4 Å². The van der Waals surface area contributed by atoms with Crippen molar-refractivity contribution in [1.82, 2.24) is 9.97 Å². The fraction of sp³-hybridized carbons (Fsp3) is 0.227. The minimum absolute atomic E-state index is 0.0304. The average Bonchev–Trinajstić information content (AvgIpc) is 3.14. The molecule has 1 aromatic carbocycles. The third-order valence-electron chi connectivity index (χ3n) is 4.72. The number of nitrogens with zero attached hydrogens (tertiary/aromatic N) is 2. The molecule has 184 valence electrons. The summed E-state index contributed by atoms with van der Waals surface area (Å²) in [6.07, 6.45) is -4.72. The molecule has 0 saturated carbocycles. The van der Waals surface area contributed by atoms with Gasteiger partial charge in [0.1, 0.15) is 15.6 Å². The van der Waals surface area contributed by atoms with E-state index in [1.807, 2.05) is 0 Å². The van der Waals surface area contributed by atoms with Gasteiger partial charge in [0.25, 0.3) is 5.91 Å². The summed E-state index contributed by atoms with van der Waals surface area (Å²) >= 11 is 1.52. The smallest absolute Gasteiger partial charge is 0.433 e. The van der Waals surface area contributed by atoms with Crippen LogP contribution in [0.25, 0.3) is 11.3 Å². The number of carbonyl (C=O) groups excluding carboxylic acids is 3. The van der Waals surface area contributed by atoms with E-state index in [0.29, 0.717) is 17.3 Å². The Hall–Kier alpha value is -3.45. The number of hydrogen-bond donors (Lipinski definition) is 2. The van der Waals surface area contributed by atoms with Crippen LogP contribution in [-0.4, -0.2) is 40.1 Å². The van der Waals surface area contributed by atoms with Gasteiger partial charge in [0.15, 0.2) is 5.16 Å². The van der Waals surface area contributed by atoms with Gasteiger partial charge in [0, 0.05) is 5.56 Å². The van der Waals surface area contributed by atoms with Gasteiger partial charge in [-0.1, -0.05) is 42.1 Å². The number of esters is 1. The van der Waals surface area contributed by atoms with Gasteiger partial charge in [-0.25, -0.2) is 14.8 Å². The molecule has 0 saturated heterocycles. The molecule has 0 bridgehead atoms. The largest absolute Gasteiger partial charge is 0.465 e. The molecule has 0 aliphatic heterocycles. The van der Waals surface area contributed by atoms with Gasteiger partial charge in [-0.3, -0.25) is 9.59 Å². The summed E-state index contributed by atoms with van der Waals surface area (Å²) in [6, 6.07) is 9.10. The van der Waals surface area contributed by atoms with Crippen LogP contribution in [0.15, 0.2) is 41.6 Å². The predicted molar refractivity (Wildman–Crippen MR) is 125 cm³/mol. The molecule has 2 aromatic heterocycles. The van der Waals surface area contributed by atoms with E-state index < -0.39 is 34.9 Å². The molecule has 3 N–H and O–H groups in total. The molecule has 0 aliphatic rings. The number of carbonyl (C=O) groups is 3. The Morgan fingerprint density at radius 2 is 1.83 bits per heavy atom. The Morgan fingerprint density at radius 3 is 2.40 bits per heavy atom. The lowest BCUT2D eigenvalue weighted by Gasteiger charge is -2.14. The monoisotopic (exact) mass is 524 g/mol. The maximum Gasteiger partial charge on any atom is 0.433 e. The number of aromatic nitrogens is 2. The number of nitrogens with two attached hydrogens (primary N) is 1. The quantitative estimate of drug-likeness (QED) is 0.264. The second-order valence-corrected chi connectivity index (χ2v) is 9.48. The molecule has 1 atom stereocenters. The number of halogens is 3. The zero-order chi connectivity index (χ0) is 25.9. The van der Waals surface area contributed by atoms with Crippen LogP contribution < -0.4 is 11.1 Å². The number of methoxy groups -OCH3 is 1. The number of thioether (sulfide) groups is 1. The van der Waals surface area contributed by atoms with E-state index in [1.165, 1.54) is 21.0 Å². The molecule has 0 unspecified atom stereocenters. The molecular formula is C22H19F3N4O4S2. The Kier molecular flexibility index (Phi) is 7.80. The van der Waals surface area contributed by atoms with Crippen molar-refractivity contribution in [3.05, 3.63) is 58.1 Å². The van der Waals surface area contributed by atoms with Crippen LogP contribution >= 0.6 is 23.1 Å². The summed E-state index contributed by atoms with van der Waals surface area (Å²) in [4.78, 5) is 44.5. The van der Waals surface area contributed by atoms with E-state index in [0.717, 1.165) is 17.4 Å². The first kappa shape index (κ1) is 26.2. The molecule has 3 aromatic rings. The molecule has 0 radical (unpaired) electrons. The predicted octanol–water partition coefficient (Wildman–Crippen LogP) is 4.54. The molecule has 0 spiro atoms. The molecule has 2 heterocycles. The van der Waals surface area contributed by atoms with Crippen molar-refractivity contribution in [2.75, 3.05) is 12.4 Å². The first-order valence-electron chi connectivity index (χ1n) is 9.93. The molecule has 35 heavy (non-hydrogen) atoms. The number of rotatable bonds is 7. The van der Waals surface area contributed by atoms with E-state index in [1.54, 1.807) is 30.3 Å². The van der Waals surface area contributed by atoms with Crippen LogP contribution in [-0.2, 0) is 15.7 Å². The van der Waals surface area contributed by atoms with Crippen LogP contribution in [0.1, 0.15) is 38.2 Å². The Balaban J connectivity index is 1.89. The zero-order valence-corrected chi connectivity index (χ0v) is 20.2. The summed E-state index contributed by atoms with van der Waals surface area (Å²) in [6.45, 7) is 2.93. The molecular weight excluding hydrogens is 505 g/mol. The normalized spacial score (nSPS) is 12.2. The summed E-state index contributed by atoms with van der Waals surface area (Å²) < 4.78 is 45.0. The summed E-state index contributed by atoms with van der Waals surface area (Å²) in [7, 11) is 1.17. The number of amides is 2. The lowest BCUT2D eigenvalue weighted by molar-refractivity contribution is -0.141. The lowest BCUT2D eigenvalue weighted by atomic mass is 10.1. The number of ether oxygens (including phenoxy) is 1. The van der Waals surface area contributed by atoms with Gasteiger partial charge in [0.2, 0.25) is 5.91 Å². The van der Waals surface area contributed by atoms with Crippen LogP contribution in [0.5, 0.6) is 0 Å². The standard InChI is InChI=1S/C22H19F3N4O4S2/c1-10-15(17(26)30)19(35-16(10)20(32)33-3)29-18(31)11(2)34-21-27-13(12-7-5-4-6-8-12)9-14(28-21)22(23,24)25/h4-9,11H,1-3H3,(H2,26,30)(H,29,31)/t11-/m0/s1. The highest BCUT2D eigenvalue weighted by molar-refractivity contribution is 8.00. The number of nitrogens with one attached hydrogen (secondary N) is 1. The topological polar surface area (TPSA) is 124 Å². The van der Waals surface area contributed by atoms with E-state index in [2.05, 4.69) is 20.0 Å². The zero-order valence-electron chi connectivity index (χ0n) is 18.6. The number of anilines is 1. The van der Waals surface area contributed by atoms with Gasteiger partial charge >= 0.3 is 12.1 Å². The Bertz CT molecular complexity index is 1280. The SMILES string of the molecule is COC(=O)c1sc(NC(=O)[C@H](C)Sc2nc(-c3ccccc3)cc(C(F)(F)F)n2)c(C(N)=O)c1C. The second-order valence-electron chi connectivity index (χ2n) is 7.15. The van der Waals surface area contributed by atoms with Crippen LogP contribution in [0, 0.1) is 6.92 Å². The third kappa shape index (κ3) is 5.98. The van der Waals surface area contributed by atoms with Crippen LogP contribution in [0.3, 0.4) is 0 Å². The molecule has 0 fully saturated rings. The Labute approximate surface area is 206 Å². The molecule has 3 rings (SSSR count). The summed E-state index contributed by atoms with van der Waals surface area (Å²) in [5.41, 5.74) is 4.96. The van der Waals surface area contributed by atoms with Crippen molar-refractivity contribution >= 4 is 45.9 Å². The van der Waals surface area contributed by atoms with Gasteiger partial charge in [0.05, 0.1) is 23.6 Å². The van der Waals surface area contributed by atoms with Crippen molar-refractivity contribution < 1.29 is 32.3 Å². The maximum absolute atomic E-state index is 13.4. The summed E-state index contributed by atoms with van der Waals surface area (Å²) in [5, 5.41) is 1.32. The van der Waals surface area contributed by atoms with E-state index in [4.69, 9.17) is 5.73 Å². The van der Waals surface area contributed by atoms with E-state index in [-0.39, 0.29) is 31.9 Å². The maximum atomic E-state index is 13.4. The van der Waals surface area contributed by atoms with Gasteiger partial charge < -0.3 is 15.8 Å². The van der Waals surface area contributed by atoms with Crippen molar-refractivity contribution in [2.24, 2.45) is 5.73 Å². The molecule has 2 amide bonds. The van der Waals surface area contributed by atoms with E-state index >= 15 is 0 Å². The first-order chi connectivity index (χ1) is 16.4. The number of benzene rings is 1. The average molecular weight is 525 g/mol. The molecule has 13 heteroatoms. The summed E-state index contributed by atoms with van der Waals surface area (Å²) in [5.74, 6) is -2.22.